The second-order valence-corrected chi connectivity index (χ2v) is 7.54. The lowest BCUT2D eigenvalue weighted by Crippen LogP contribution is -2.33. The van der Waals surface area contributed by atoms with Crippen LogP contribution >= 0.6 is 0 Å². The van der Waals surface area contributed by atoms with Crippen LogP contribution in [0.4, 0.5) is 4.39 Å². The Hall–Kier alpha value is -1.47. The molecule has 7 heteroatoms. The highest BCUT2D eigenvalue weighted by molar-refractivity contribution is 7.89. The monoisotopic (exact) mass is 314 g/mol. The SMILES string of the molecule is CN(C)S(=O)(=O)c1ccc(F)c(C(=O)NC2CCCC2)c1. The number of amides is 1. The summed E-state index contributed by atoms with van der Waals surface area (Å²) in [4.78, 5) is 12.0. The predicted octanol–water partition coefficient (Wildman–Crippen LogP) is 1.75. The van der Waals surface area contributed by atoms with Crippen LogP contribution in [0.5, 0.6) is 0 Å². The summed E-state index contributed by atoms with van der Waals surface area (Å²) < 4.78 is 38.9. The van der Waals surface area contributed by atoms with Gasteiger partial charge in [-0.3, -0.25) is 4.79 Å². The molecule has 0 aromatic heterocycles. The van der Waals surface area contributed by atoms with Crippen LogP contribution in [0.1, 0.15) is 36.0 Å². The van der Waals surface area contributed by atoms with Crippen LogP contribution in [-0.2, 0) is 10.0 Å². The molecule has 1 amide bonds. The minimum absolute atomic E-state index is 0.0472. The van der Waals surface area contributed by atoms with Gasteiger partial charge in [0, 0.05) is 20.1 Å². The molecule has 0 radical (unpaired) electrons. The van der Waals surface area contributed by atoms with Crippen molar-refractivity contribution >= 4 is 15.9 Å². The van der Waals surface area contributed by atoms with Gasteiger partial charge < -0.3 is 5.32 Å². The van der Waals surface area contributed by atoms with Gasteiger partial charge in [0.25, 0.3) is 5.91 Å². The summed E-state index contributed by atoms with van der Waals surface area (Å²) in [7, 11) is -0.919. The average molecular weight is 314 g/mol. The van der Waals surface area contributed by atoms with Crippen molar-refractivity contribution in [1.29, 1.82) is 0 Å². The first-order chi connectivity index (χ1) is 9.82. The highest BCUT2D eigenvalue weighted by atomic mass is 32.2. The number of nitrogens with one attached hydrogen (secondary N) is 1. The first-order valence-corrected chi connectivity index (χ1v) is 8.29. The Morgan fingerprint density at radius 2 is 1.90 bits per heavy atom. The molecule has 1 aliphatic rings. The second kappa shape index (κ2) is 6.11. The van der Waals surface area contributed by atoms with Crippen molar-refractivity contribution in [1.82, 2.24) is 9.62 Å². The number of benzene rings is 1. The quantitative estimate of drug-likeness (QED) is 0.920. The lowest BCUT2D eigenvalue weighted by molar-refractivity contribution is 0.0933. The molecule has 1 aliphatic carbocycles. The van der Waals surface area contributed by atoms with Crippen molar-refractivity contribution in [3.8, 4) is 0 Å². The van der Waals surface area contributed by atoms with Crippen molar-refractivity contribution in [2.75, 3.05) is 14.1 Å². The average Bonchev–Trinajstić information content (AvgIpc) is 2.91. The van der Waals surface area contributed by atoms with Crippen LogP contribution in [0.2, 0.25) is 0 Å². The zero-order chi connectivity index (χ0) is 15.6. The lowest BCUT2D eigenvalue weighted by atomic mass is 10.1. The maximum atomic E-state index is 13.8. The summed E-state index contributed by atoms with van der Waals surface area (Å²) in [6, 6.07) is 3.32. The van der Waals surface area contributed by atoms with Gasteiger partial charge in [0.15, 0.2) is 0 Å². The smallest absolute Gasteiger partial charge is 0.254 e. The van der Waals surface area contributed by atoms with Gasteiger partial charge in [-0.2, -0.15) is 0 Å². The number of nitrogens with zero attached hydrogens (tertiary/aromatic N) is 1. The standard InChI is InChI=1S/C14H19FN2O3S/c1-17(2)21(19,20)11-7-8-13(15)12(9-11)14(18)16-10-5-3-4-6-10/h7-10H,3-6H2,1-2H3,(H,16,18). The van der Waals surface area contributed by atoms with Gasteiger partial charge in [-0.25, -0.2) is 17.1 Å². The minimum Gasteiger partial charge on any atom is -0.349 e. The molecule has 0 heterocycles. The molecule has 1 aromatic carbocycles. The van der Waals surface area contributed by atoms with E-state index in [1.54, 1.807) is 0 Å². The van der Waals surface area contributed by atoms with E-state index in [4.69, 9.17) is 0 Å². The van der Waals surface area contributed by atoms with E-state index in [9.17, 15) is 17.6 Å². The molecule has 0 atom stereocenters. The molecule has 2 rings (SSSR count). The predicted molar refractivity (Wildman–Crippen MR) is 77.0 cm³/mol. The molecular formula is C14H19FN2O3S. The Bertz CT molecular complexity index is 638. The third-order valence-corrected chi connectivity index (χ3v) is 5.46. The number of carbonyl (C=O) groups is 1. The topological polar surface area (TPSA) is 66.5 Å². The summed E-state index contributed by atoms with van der Waals surface area (Å²) in [5.74, 6) is -1.28. The van der Waals surface area contributed by atoms with E-state index in [0.717, 1.165) is 48.2 Å². The van der Waals surface area contributed by atoms with Crippen LogP contribution < -0.4 is 5.32 Å². The number of hydrogen-bond acceptors (Lipinski definition) is 3. The molecule has 1 fully saturated rings. The highest BCUT2D eigenvalue weighted by Gasteiger charge is 2.23. The van der Waals surface area contributed by atoms with Gasteiger partial charge in [-0.05, 0) is 31.0 Å². The molecule has 116 valence electrons. The van der Waals surface area contributed by atoms with Crippen LogP contribution in [0, 0.1) is 5.82 Å². The van der Waals surface area contributed by atoms with E-state index in [1.165, 1.54) is 14.1 Å². The number of hydrogen-bond donors (Lipinski definition) is 1. The fourth-order valence-corrected chi connectivity index (χ4v) is 3.31. The van der Waals surface area contributed by atoms with Gasteiger partial charge in [0.1, 0.15) is 5.82 Å². The summed E-state index contributed by atoms with van der Waals surface area (Å²) in [6.07, 6.45) is 3.84. The van der Waals surface area contributed by atoms with Gasteiger partial charge in [-0.1, -0.05) is 12.8 Å². The van der Waals surface area contributed by atoms with Crippen LogP contribution in [0.3, 0.4) is 0 Å². The van der Waals surface area contributed by atoms with Crippen molar-refractivity contribution in [3.05, 3.63) is 29.6 Å². The summed E-state index contributed by atoms with van der Waals surface area (Å²) >= 11 is 0. The number of carbonyl (C=O) groups excluding carboxylic acids is 1. The molecule has 1 N–H and O–H groups in total. The van der Waals surface area contributed by atoms with Gasteiger partial charge in [-0.15, -0.1) is 0 Å². The maximum Gasteiger partial charge on any atom is 0.254 e. The van der Waals surface area contributed by atoms with E-state index >= 15 is 0 Å². The Balaban J connectivity index is 2.29. The van der Waals surface area contributed by atoms with Crippen LogP contribution in [0.15, 0.2) is 23.1 Å². The Morgan fingerprint density at radius 1 is 1.29 bits per heavy atom. The van der Waals surface area contributed by atoms with Crippen molar-refractivity contribution in [2.45, 2.75) is 36.6 Å². The maximum absolute atomic E-state index is 13.8. The van der Waals surface area contributed by atoms with Crippen molar-refractivity contribution in [2.24, 2.45) is 0 Å². The van der Waals surface area contributed by atoms with E-state index in [-0.39, 0.29) is 16.5 Å². The molecule has 21 heavy (non-hydrogen) atoms. The van der Waals surface area contributed by atoms with E-state index in [2.05, 4.69) is 5.32 Å². The Morgan fingerprint density at radius 3 is 2.48 bits per heavy atom. The summed E-state index contributed by atoms with van der Waals surface area (Å²) in [5, 5.41) is 2.76. The minimum atomic E-state index is -3.69. The normalized spacial score (nSPS) is 16.4. The molecule has 0 aliphatic heterocycles. The molecule has 1 aromatic rings. The van der Waals surface area contributed by atoms with Crippen LogP contribution in [0.25, 0.3) is 0 Å². The number of halogens is 1. The summed E-state index contributed by atoms with van der Waals surface area (Å²) in [5.41, 5.74) is -0.232. The molecular weight excluding hydrogens is 295 g/mol. The van der Waals surface area contributed by atoms with Gasteiger partial charge >= 0.3 is 0 Å². The molecule has 5 nitrogen and oxygen atoms in total. The molecule has 0 spiro atoms. The fourth-order valence-electron chi connectivity index (χ4n) is 2.38. The van der Waals surface area contributed by atoms with Gasteiger partial charge in [0.2, 0.25) is 10.0 Å². The first kappa shape index (κ1) is 15.9. The molecule has 0 saturated heterocycles. The summed E-state index contributed by atoms with van der Waals surface area (Å²) in [6.45, 7) is 0. The Kier molecular flexibility index (Phi) is 4.63. The largest absolute Gasteiger partial charge is 0.349 e. The molecule has 0 unspecified atom stereocenters. The fraction of sp³-hybridized carbons (Fsp3) is 0.500. The first-order valence-electron chi connectivity index (χ1n) is 6.85. The Labute approximate surface area is 124 Å². The number of rotatable bonds is 4. The molecule has 1 saturated carbocycles. The zero-order valence-corrected chi connectivity index (χ0v) is 12.9. The highest BCUT2D eigenvalue weighted by Crippen LogP contribution is 2.20. The van der Waals surface area contributed by atoms with Gasteiger partial charge in [0.05, 0.1) is 10.5 Å². The van der Waals surface area contributed by atoms with Crippen molar-refractivity contribution in [3.63, 3.8) is 0 Å². The van der Waals surface area contributed by atoms with Crippen LogP contribution in [-0.4, -0.2) is 38.8 Å². The zero-order valence-electron chi connectivity index (χ0n) is 12.1. The van der Waals surface area contributed by atoms with Crippen molar-refractivity contribution < 1.29 is 17.6 Å². The number of sulfonamides is 1. The molecule has 0 bridgehead atoms. The third-order valence-electron chi connectivity index (χ3n) is 3.65. The lowest BCUT2D eigenvalue weighted by Gasteiger charge is -2.15. The second-order valence-electron chi connectivity index (χ2n) is 5.38. The van der Waals surface area contributed by atoms with E-state index in [1.807, 2.05) is 0 Å². The van der Waals surface area contributed by atoms with E-state index in [0.29, 0.717) is 0 Å². The van der Waals surface area contributed by atoms with E-state index < -0.39 is 21.7 Å². The third kappa shape index (κ3) is 3.41.